The number of benzene rings is 2. The van der Waals surface area contributed by atoms with Crippen LogP contribution in [0.25, 0.3) is 11.4 Å². The summed E-state index contributed by atoms with van der Waals surface area (Å²) in [5.41, 5.74) is 2.05. The SMILES string of the molecule is O=C(NCCNC(=O)c1ccc2c(c1)OCCOCCOCCOCCO2)c1ccnc(-c2cc(C(=O)NCCNC(=O)c3ccc4c(c3)OCCOCCOCCOCCO4)ccn2)c1. The summed E-state index contributed by atoms with van der Waals surface area (Å²) >= 11 is 0. The Hall–Kier alpha value is -6.42. The van der Waals surface area contributed by atoms with Crippen molar-refractivity contribution in [1.29, 1.82) is 0 Å². The Morgan fingerprint density at radius 3 is 0.939 bits per heavy atom. The molecular weight excluding hydrogens is 861 g/mol. The van der Waals surface area contributed by atoms with E-state index in [1.165, 1.54) is 12.4 Å². The van der Waals surface area contributed by atoms with Gasteiger partial charge < -0.3 is 68.6 Å². The second kappa shape index (κ2) is 27.8. The lowest BCUT2D eigenvalue weighted by Gasteiger charge is -2.14. The number of nitrogens with zero attached hydrogens (tertiary/aromatic N) is 2. The van der Waals surface area contributed by atoms with E-state index in [4.69, 9.17) is 47.4 Å². The van der Waals surface area contributed by atoms with Crippen LogP contribution in [0.2, 0.25) is 0 Å². The van der Waals surface area contributed by atoms with E-state index in [1.807, 2.05) is 0 Å². The number of nitrogens with one attached hydrogen (secondary N) is 4. The summed E-state index contributed by atoms with van der Waals surface area (Å²) in [6, 6.07) is 16.0. The van der Waals surface area contributed by atoms with Gasteiger partial charge in [-0.25, -0.2) is 0 Å². The van der Waals surface area contributed by atoms with Crippen molar-refractivity contribution in [2.24, 2.45) is 0 Å². The third kappa shape index (κ3) is 16.5. The molecular formula is C46H56N6O14. The fourth-order valence-electron chi connectivity index (χ4n) is 6.22. The van der Waals surface area contributed by atoms with Crippen molar-refractivity contribution in [2.45, 2.75) is 0 Å². The van der Waals surface area contributed by atoms with Gasteiger partial charge in [-0.15, -0.1) is 0 Å². The van der Waals surface area contributed by atoms with E-state index in [0.29, 0.717) is 149 Å². The van der Waals surface area contributed by atoms with Crippen LogP contribution in [-0.2, 0) is 28.4 Å². The normalized spacial score (nSPS) is 15.8. The maximum absolute atomic E-state index is 13.1. The summed E-state index contributed by atoms with van der Waals surface area (Å²) in [6.07, 6.45) is 2.94. The van der Waals surface area contributed by atoms with Crippen LogP contribution in [0, 0.1) is 0 Å². The molecule has 20 heteroatoms. The third-order valence-corrected chi connectivity index (χ3v) is 9.54. The Morgan fingerprint density at radius 2 is 0.621 bits per heavy atom. The van der Waals surface area contributed by atoms with Gasteiger partial charge in [0.25, 0.3) is 23.6 Å². The molecule has 66 heavy (non-hydrogen) atoms. The molecule has 4 amide bonds. The molecule has 4 heterocycles. The van der Waals surface area contributed by atoms with Crippen molar-refractivity contribution in [3.05, 3.63) is 95.3 Å². The molecule has 0 saturated heterocycles. The van der Waals surface area contributed by atoms with E-state index in [-0.39, 0.29) is 51.2 Å². The monoisotopic (exact) mass is 916 g/mol. The second-order valence-corrected chi connectivity index (χ2v) is 14.3. The van der Waals surface area contributed by atoms with Gasteiger partial charge in [-0.1, -0.05) is 0 Å². The zero-order chi connectivity index (χ0) is 46.0. The zero-order valence-corrected chi connectivity index (χ0v) is 36.7. The van der Waals surface area contributed by atoms with Crippen molar-refractivity contribution in [2.75, 3.05) is 132 Å². The number of ether oxygens (including phenoxy) is 10. The summed E-state index contributed by atoms with van der Waals surface area (Å²) < 4.78 is 56.4. The van der Waals surface area contributed by atoms with Gasteiger partial charge in [0.1, 0.15) is 26.4 Å². The van der Waals surface area contributed by atoms with Crippen molar-refractivity contribution in [3.63, 3.8) is 0 Å². The van der Waals surface area contributed by atoms with Crippen LogP contribution in [0.4, 0.5) is 0 Å². The number of pyridine rings is 2. The predicted octanol–water partition coefficient (Wildman–Crippen LogP) is 2.11. The highest BCUT2D eigenvalue weighted by molar-refractivity contribution is 5.97. The van der Waals surface area contributed by atoms with Crippen LogP contribution < -0.4 is 40.2 Å². The topological polar surface area (TPSA) is 234 Å². The van der Waals surface area contributed by atoms with Crippen LogP contribution in [0.1, 0.15) is 41.4 Å². The van der Waals surface area contributed by atoms with E-state index in [0.717, 1.165) is 0 Å². The van der Waals surface area contributed by atoms with Gasteiger partial charge in [-0.3, -0.25) is 29.1 Å². The molecule has 0 atom stereocenters. The Morgan fingerprint density at radius 1 is 0.348 bits per heavy atom. The number of rotatable bonds is 11. The van der Waals surface area contributed by atoms with Crippen LogP contribution in [0.3, 0.4) is 0 Å². The van der Waals surface area contributed by atoms with Gasteiger partial charge in [0, 0.05) is 60.8 Å². The largest absolute Gasteiger partial charge is 0.487 e. The molecule has 20 nitrogen and oxygen atoms in total. The van der Waals surface area contributed by atoms with E-state index in [9.17, 15) is 19.2 Å². The summed E-state index contributed by atoms with van der Waals surface area (Å²) in [6.45, 7) is 6.61. The minimum Gasteiger partial charge on any atom is -0.487 e. The maximum atomic E-state index is 13.1. The molecule has 0 unspecified atom stereocenters. The Bertz CT molecular complexity index is 2030. The molecule has 2 aromatic carbocycles. The van der Waals surface area contributed by atoms with E-state index < -0.39 is 11.8 Å². The number of hydrogen-bond acceptors (Lipinski definition) is 16. The molecule has 4 N–H and O–H groups in total. The number of carbonyl (C=O) groups excluding carboxylic acids is 4. The standard InChI is InChI=1S/C46H56N6O14/c53-43(33-1-3-39-41(31-33)65-27-23-61-19-15-57-13-17-59-21-25-63-39)49-9-11-51-45(55)35-5-7-47-37(29-35)38-30-36(6-8-48-38)46(56)52-12-10-50-44(54)34-2-4-40-42(32-34)66-28-24-62-20-16-58-14-18-60-22-26-64-40/h1-8,29-32H,9-28H2,(H,49,53)(H,50,54)(H,51,55)(H,52,56). The maximum Gasteiger partial charge on any atom is 0.251 e. The van der Waals surface area contributed by atoms with Crippen LogP contribution in [0.5, 0.6) is 23.0 Å². The highest BCUT2D eigenvalue weighted by atomic mass is 16.6. The lowest BCUT2D eigenvalue weighted by molar-refractivity contribution is 0.00708. The average Bonchev–Trinajstić information content (AvgIpc) is 3.36. The molecule has 0 saturated carbocycles. The first kappa shape index (κ1) is 49.0. The summed E-state index contributed by atoms with van der Waals surface area (Å²) in [5.74, 6) is 0.213. The van der Waals surface area contributed by atoms with Crippen molar-refractivity contribution < 1.29 is 66.5 Å². The molecule has 0 aliphatic carbocycles. The van der Waals surface area contributed by atoms with Gasteiger partial charge in [-0.2, -0.15) is 0 Å². The van der Waals surface area contributed by atoms with Crippen LogP contribution in [0.15, 0.2) is 73.1 Å². The van der Waals surface area contributed by atoms with Gasteiger partial charge in [0.2, 0.25) is 0 Å². The molecule has 354 valence electrons. The second-order valence-electron chi connectivity index (χ2n) is 14.3. The molecule has 0 spiro atoms. The molecule has 2 aliphatic heterocycles. The minimum atomic E-state index is -0.394. The summed E-state index contributed by atoms with van der Waals surface area (Å²) in [5, 5.41) is 11.2. The molecule has 6 rings (SSSR count). The lowest BCUT2D eigenvalue weighted by Crippen LogP contribution is -2.34. The van der Waals surface area contributed by atoms with Crippen molar-refractivity contribution >= 4 is 23.6 Å². The fourth-order valence-corrected chi connectivity index (χ4v) is 6.22. The van der Waals surface area contributed by atoms with E-state index in [2.05, 4.69) is 31.2 Å². The number of carbonyl (C=O) groups is 4. The lowest BCUT2D eigenvalue weighted by atomic mass is 10.1. The van der Waals surface area contributed by atoms with Crippen molar-refractivity contribution in [1.82, 2.24) is 31.2 Å². The first-order valence-electron chi connectivity index (χ1n) is 21.8. The quantitative estimate of drug-likeness (QED) is 0.158. The molecule has 0 radical (unpaired) electrons. The average molecular weight is 917 g/mol. The van der Waals surface area contributed by atoms with E-state index in [1.54, 1.807) is 60.7 Å². The first-order chi connectivity index (χ1) is 32.4. The minimum absolute atomic E-state index is 0.141. The molecule has 0 fully saturated rings. The van der Waals surface area contributed by atoms with Gasteiger partial charge in [-0.05, 0) is 60.7 Å². The Labute approximate surface area is 382 Å². The smallest absolute Gasteiger partial charge is 0.251 e. The first-order valence-corrected chi connectivity index (χ1v) is 21.8. The molecule has 4 aromatic rings. The van der Waals surface area contributed by atoms with Gasteiger partial charge in [0.15, 0.2) is 23.0 Å². The number of hydrogen-bond donors (Lipinski definition) is 4. The molecule has 2 aromatic heterocycles. The van der Waals surface area contributed by atoms with E-state index >= 15 is 0 Å². The highest BCUT2D eigenvalue weighted by Gasteiger charge is 2.16. The predicted molar refractivity (Wildman–Crippen MR) is 237 cm³/mol. The third-order valence-electron chi connectivity index (χ3n) is 9.54. The van der Waals surface area contributed by atoms with Crippen molar-refractivity contribution in [3.8, 4) is 34.4 Å². The van der Waals surface area contributed by atoms with Gasteiger partial charge in [0.05, 0.1) is 90.7 Å². The number of amides is 4. The summed E-state index contributed by atoms with van der Waals surface area (Å²) in [4.78, 5) is 61.0. The Balaban J connectivity index is 0.939. The molecule has 2 aliphatic rings. The number of aromatic nitrogens is 2. The van der Waals surface area contributed by atoms with Crippen LogP contribution >= 0.6 is 0 Å². The Kier molecular flexibility index (Phi) is 20.7. The fraction of sp³-hybridized carbons (Fsp3) is 0.435. The van der Waals surface area contributed by atoms with Crippen LogP contribution in [-0.4, -0.2) is 165 Å². The highest BCUT2D eigenvalue weighted by Crippen LogP contribution is 2.30. The number of fused-ring (bicyclic) bond motifs is 2. The van der Waals surface area contributed by atoms with Gasteiger partial charge >= 0.3 is 0 Å². The zero-order valence-electron chi connectivity index (χ0n) is 36.7. The summed E-state index contributed by atoms with van der Waals surface area (Å²) in [7, 11) is 0. The molecule has 0 bridgehead atoms.